The van der Waals surface area contributed by atoms with Crippen molar-refractivity contribution in [3.63, 3.8) is 0 Å². The Morgan fingerprint density at radius 1 is 1.47 bits per heavy atom. The zero-order chi connectivity index (χ0) is 13.9. The van der Waals surface area contributed by atoms with Crippen LogP contribution in [0.15, 0.2) is 24.3 Å². The van der Waals surface area contributed by atoms with Crippen molar-refractivity contribution in [1.82, 2.24) is 10.6 Å². The van der Waals surface area contributed by atoms with Gasteiger partial charge in [-0.25, -0.2) is 0 Å². The van der Waals surface area contributed by atoms with Crippen LogP contribution in [0.4, 0.5) is 0 Å². The number of ketones is 1. The number of carbonyl (C=O) groups excluding carboxylic acids is 2. The normalized spacial score (nSPS) is 26.3. The van der Waals surface area contributed by atoms with Crippen LogP contribution in [0.25, 0.3) is 0 Å². The van der Waals surface area contributed by atoms with E-state index in [2.05, 4.69) is 10.6 Å². The summed E-state index contributed by atoms with van der Waals surface area (Å²) in [5, 5.41) is 6.38. The molecule has 5 nitrogen and oxygen atoms in total. The number of nitrogens with one attached hydrogen (secondary N) is 2. The second-order valence-corrected chi connectivity index (χ2v) is 4.74. The minimum absolute atomic E-state index is 0.392. The molecule has 1 aliphatic heterocycles. The number of nitrogens with two attached hydrogens (primary N) is 1. The van der Waals surface area contributed by atoms with Crippen LogP contribution in [0.5, 0.6) is 0 Å². The van der Waals surface area contributed by atoms with Crippen LogP contribution in [-0.4, -0.2) is 24.8 Å². The Labute approximate surface area is 112 Å². The lowest BCUT2D eigenvalue weighted by Crippen LogP contribution is -2.50. The highest BCUT2D eigenvalue weighted by Crippen LogP contribution is 2.32. The van der Waals surface area contributed by atoms with Crippen molar-refractivity contribution in [2.24, 2.45) is 5.73 Å². The van der Waals surface area contributed by atoms with E-state index in [9.17, 15) is 9.59 Å². The first-order valence-corrected chi connectivity index (χ1v) is 6.45. The Morgan fingerprint density at radius 3 is 2.68 bits per heavy atom. The van der Waals surface area contributed by atoms with E-state index < -0.39 is 17.4 Å². The Hall–Kier alpha value is -1.56. The van der Waals surface area contributed by atoms with Crippen LogP contribution in [0.3, 0.4) is 0 Å². The lowest BCUT2D eigenvalue weighted by molar-refractivity contribution is -0.132. The van der Waals surface area contributed by atoms with E-state index in [0.29, 0.717) is 25.9 Å². The van der Waals surface area contributed by atoms with Crippen molar-refractivity contribution in [1.29, 1.82) is 0 Å². The van der Waals surface area contributed by atoms with Gasteiger partial charge in [0.25, 0.3) is 0 Å². The Kier molecular flexibility index (Phi) is 4.09. The highest BCUT2D eigenvalue weighted by Gasteiger charge is 2.46. The average molecular weight is 261 g/mol. The lowest BCUT2D eigenvalue weighted by Gasteiger charge is -2.33. The molecule has 2 atom stereocenters. The highest BCUT2D eigenvalue weighted by atomic mass is 16.2. The maximum absolute atomic E-state index is 11.8. The molecule has 0 amide bonds. The predicted octanol–water partition coefficient (Wildman–Crippen LogP) is 0.0375. The first kappa shape index (κ1) is 13.9. The number of hydrogen-bond acceptors (Lipinski definition) is 5. The van der Waals surface area contributed by atoms with Crippen molar-refractivity contribution < 1.29 is 9.59 Å². The van der Waals surface area contributed by atoms with Gasteiger partial charge in [-0.2, -0.15) is 0 Å². The summed E-state index contributed by atoms with van der Waals surface area (Å²) in [5.41, 5.74) is 7.10. The van der Waals surface area contributed by atoms with Crippen LogP contribution >= 0.6 is 0 Å². The fourth-order valence-corrected chi connectivity index (χ4v) is 2.74. The predicted molar refractivity (Wildman–Crippen MR) is 72.3 cm³/mol. The summed E-state index contributed by atoms with van der Waals surface area (Å²) in [6.07, 6.45) is 1.11. The standard InChI is InChI=1S/C14H19N3O2/c1-2-14(11-5-3-10(7-15)4-6-11)13(12(19)8-18)16-9-17-14/h3-6,8,13,16-17H,2,7,9,15H2,1H3. The average Bonchev–Trinajstić information content (AvgIpc) is 2.91. The molecule has 5 heteroatoms. The number of rotatable bonds is 5. The molecule has 0 spiro atoms. The molecule has 0 aliphatic carbocycles. The molecule has 0 saturated carbocycles. The van der Waals surface area contributed by atoms with E-state index in [-0.39, 0.29) is 0 Å². The smallest absolute Gasteiger partial charge is 0.214 e. The fraction of sp³-hybridized carbons (Fsp3) is 0.429. The van der Waals surface area contributed by atoms with Gasteiger partial charge in [0.1, 0.15) is 0 Å². The highest BCUT2D eigenvalue weighted by molar-refractivity contribution is 6.28. The summed E-state index contributed by atoms with van der Waals surface area (Å²) in [4.78, 5) is 22.6. The maximum Gasteiger partial charge on any atom is 0.214 e. The zero-order valence-electron chi connectivity index (χ0n) is 11.0. The largest absolute Gasteiger partial charge is 0.326 e. The third kappa shape index (κ3) is 2.32. The van der Waals surface area contributed by atoms with E-state index >= 15 is 0 Å². The van der Waals surface area contributed by atoms with Gasteiger partial charge in [-0.15, -0.1) is 0 Å². The monoisotopic (exact) mass is 261 g/mol. The summed E-state index contributed by atoms with van der Waals surface area (Å²) >= 11 is 0. The summed E-state index contributed by atoms with van der Waals surface area (Å²) in [6.45, 7) is 3.00. The van der Waals surface area contributed by atoms with E-state index in [1.807, 2.05) is 31.2 Å². The molecule has 1 fully saturated rings. The second kappa shape index (κ2) is 5.61. The molecule has 2 rings (SSSR count). The molecule has 1 aromatic carbocycles. The minimum atomic E-state index is -0.523. The summed E-state index contributed by atoms with van der Waals surface area (Å²) < 4.78 is 0. The topological polar surface area (TPSA) is 84.2 Å². The van der Waals surface area contributed by atoms with Crippen molar-refractivity contribution in [3.8, 4) is 0 Å². The van der Waals surface area contributed by atoms with Gasteiger partial charge in [-0.05, 0) is 17.5 Å². The van der Waals surface area contributed by atoms with Crippen LogP contribution < -0.4 is 16.4 Å². The SMILES string of the molecule is CCC1(c2ccc(CN)cc2)NCNC1C(=O)C=O. The number of Topliss-reactive ketones (excluding diaryl/α,β-unsaturated/α-hetero) is 1. The first-order chi connectivity index (χ1) is 9.17. The maximum atomic E-state index is 11.8. The van der Waals surface area contributed by atoms with Crippen LogP contribution in [0.2, 0.25) is 0 Å². The fourth-order valence-electron chi connectivity index (χ4n) is 2.74. The molecule has 4 N–H and O–H groups in total. The molecule has 2 unspecified atom stereocenters. The molecular formula is C14H19N3O2. The third-order valence-electron chi connectivity index (χ3n) is 3.87. The zero-order valence-corrected chi connectivity index (χ0v) is 11.0. The van der Waals surface area contributed by atoms with Gasteiger partial charge in [0.2, 0.25) is 5.78 Å². The molecule has 1 aliphatic rings. The van der Waals surface area contributed by atoms with E-state index in [4.69, 9.17) is 5.73 Å². The van der Waals surface area contributed by atoms with Crippen molar-refractivity contribution in [2.45, 2.75) is 31.5 Å². The summed E-state index contributed by atoms with van der Waals surface area (Å²) in [5.74, 6) is -0.422. The molecule has 1 aromatic rings. The van der Waals surface area contributed by atoms with Gasteiger partial charge in [-0.3, -0.25) is 20.2 Å². The van der Waals surface area contributed by atoms with E-state index in [1.165, 1.54) is 0 Å². The van der Waals surface area contributed by atoms with Crippen molar-refractivity contribution in [2.75, 3.05) is 6.67 Å². The number of hydrogen-bond donors (Lipinski definition) is 3. The van der Waals surface area contributed by atoms with Crippen molar-refractivity contribution in [3.05, 3.63) is 35.4 Å². The Morgan fingerprint density at radius 2 is 2.16 bits per heavy atom. The number of aldehydes is 1. The van der Waals surface area contributed by atoms with Gasteiger partial charge in [0.15, 0.2) is 6.29 Å². The molecule has 102 valence electrons. The van der Waals surface area contributed by atoms with Gasteiger partial charge >= 0.3 is 0 Å². The van der Waals surface area contributed by atoms with E-state index in [0.717, 1.165) is 11.1 Å². The first-order valence-electron chi connectivity index (χ1n) is 6.45. The number of benzene rings is 1. The van der Waals surface area contributed by atoms with Crippen LogP contribution in [0, 0.1) is 0 Å². The van der Waals surface area contributed by atoms with Gasteiger partial charge in [-0.1, -0.05) is 31.2 Å². The summed E-state index contributed by atoms with van der Waals surface area (Å²) in [7, 11) is 0. The molecule has 1 heterocycles. The van der Waals surface area contributed by atoms with Crippen LogP contribution in [-0.2, 0) is 21.7 Å². The molecule has 0 aromatic heterocycles. The molecule has 19 heavy (non-hydrogen) atoms. The third-order valence-corrected chi connectivity index (χ3v) is 3.87. The molecule has 0 bridgehead atoms. The Bertz CT molecular complexity index is 472. The molecule has 0 radical (unpaired) electrons. The van der Waals surface area contributed by atoms with Crippen molar-refractivity contribution >= 4 is 12.1 Å². The van der Waals surface area contributed by atoms with Gasteiger partial charge in [0.05, 0.1) is 11.6 Å². The Balaban J connectivity index is 2.40. The summed E-state index contributed by atoms with van der Waals surface area (Å²) in [6, 6.07) is 7.33. The van der Waals surface area contributed by atoms with Crippen LogP contribution in [0.1, 0.15) is 24.5 Å². The quantitative estimate of drug-likeness (QED) is 0.515. The molecule has 1 saturated heterocycles. The van der Waals surface area contributed by atoms with E-state index in [1.54, 1.807) is 0 Å². The second-order valence-electron chi connectivity index (χ2n) is 4.74. The molecular weight excluding hydrogens is 242 g/mol. The lowest BCUT2D eigenvalue weighted by atomic mass is 9.80. The minimum Gasteiger partial charge on any atom is -0.326 e. The number of carbonyl (C=O) groups is 2. The van der Waals surface area contributed by atoms with Gasteiger partial charge in [0, 0.05) is 13.2 Å². The van der Waals surface area contributed by atoms with Gasteiger partial charge < -0.3 is 5.73 Å².